The maximum Gasteiger partial charge on any atom is 0.123 e. The molecule has 1 aliphatic rings. The molecule has 1 heterocycles. The molecule has 0 aromatic heterocycles. The van der Waals surface area contributed by atoms with Gasteiger partial charge in [0.2, 0.25) is 0 Å². The monoisotopic (exact) mass is 256 g/mol. The molecular weight excluding hydrogens is 236 g/mol. The van der Waals surface area contributed by atoms with E-state index in [0.717, 1.165) is 38.5 Å². The van der Waals surface area contributed by atoms with Crippen LogP contribution < -0.4 is 10.1 Å². The molecule has 100 valence electrons. The highest BCUT2D eigenvalue weighted by Crippen LogP contribution is 2.29. The molecule has 0 amide bonds. The molecule has 0 aliphatic carbocycles. The predicted molar refractivity (Wildman–Crippen MR) is 78.6 cm³/mol. The number of rotatable bonds is 3. The Labute approximate surface area is 114 Å². The highest BCUT2D eigenvalue weighted by molar-refractivity contribution is 5.87. The molecule has 3 heteroatoms. The highest BCUT2D eigenvalue weighted by Gasteiger charge is 2.14. The largest absolute Gasteiger partial charge is 0.496 e. The Hall–Kier alpha value is -1.58. The Kier molecular flexibility index (Phi) is 3.67. The maximum atomic E-state index is 5.55. The number of piperazine rings is 1. The summed E-state index contributed by atoms with van der Waals surface area (Å²) in [5.41, 5.74) is 1.31. The molecule has 0 saturated carbocycles. The molecule has 1 aliphatic heterocycles. The van der Waals surface area contributed by atoms with Crippen LogP contribution in [0.15, 0.2) is 36.4 Å². The molecule has 0 bridgehead atoms. The summed E-state index contributed by atoms with van der Waals surface area (Å²) >= 11 is 0. The molecule has 3 nitrogen and oxygen atoms in total. The van der Waals surface area contributed by atoms with Crippen LogP contribution in [0, 0.1) is 0 Å². The van der Waals surface area contributed by atoms with Gasteiger partial charge >= 0.3 is 0 Å². The van der Waals surface area contributed by atoms with Gasteiger partial charge in [-0.15, -0.1) is 0 Å². The first kappa shape index (κ1) is 12.5. The smallest absolute Gasteiger partial charge is 0.123 e. The fourth-order valence-corrected chi connectivity index (χ4v) is 2.76. The van der Waals surface area contributed by atoms with E-state index in [1.807, 2.05) is 0 Å². The standard InChI is InChI=1S/C16H20N2O/c1-19-16-7-6-13-4-2-3-5-14(13)15(16)12-18-10-8-17-9-11-18/h2-7,17H,8-12H2,1H3. The van der Waals surface area contributed by atoms with Gasteiger partial charge in [0, 0.05) is 38.3 Å². The number of fused-ring (bicyclic) bond motifs is 1. The summed E-state index contributed by atoms with van der Waals surface area (Å²) < 4.78 is 5.55. The first-order chi connectivity index (χ1) is 9.38. The second-order valence-electron chi connectivity index (χ2n) is 4.99. The van der Waals surface area contributed by atoms with E-state index >= 15 is 0 Å². The zero-order valence-corrected chi connectivity index (χ0v) is 11.4. The Bertz CT molecular complexity index is 562. The van der Waals surface area contributed by atoms with E-state index in [2.05, 4.69) is 46.6 Å². The second-order valence-corrected chi connectivity index (χ2v) is 4.99. The van der Waals surface area contributed by atoms with E-state index in [1.54, 1.807) is 7.11 Å². The zero-order valence-electron chi connectivity index (χ0n) is 11.4. The van der Waals surface area contributed by atoms with Crippen molar-refractivity contribution in [1.29, 1.82) is 0 Å². The van der Waals surface area contributed by atoms with Crippen molar-refractivity contribution in [3.63, 3.8) is 0 Å². The molecule has 0 unspecified atom stereocenters. The van der Waals surface area contributed by atoms with Crippen molar-refractivity contribution in [1.82, 2.24) is 10.2 Å². The van der Waals surface area contributed by atoms with Crippen LogP contribution in [0.4, 0.5) is 0 Å². The summed E-state index contributed by atoms with van der Waals surface area (Å²) in [4.78, 5) is 2.49. The van der Waals surface area contributed by atoms with E-state index in [0.29, 0.717) is 0 Å². The highest BCUT2D eigenvalue weighted by atomic mass is 16.5. The predicted octanol–water partition coefficient (Wildman–Crippen LogP) is 2.25. The summed E-state index contributed by atoms with van der Waals surface area (Å²) in [5.74, 6) is 0.997. The van der Waals surface area contributed by atoms with Crippen LogP contribution in [0.1, 0.15) is 5.56 Å². The van der Waals surface area contributed by atoms with Gasteiger partial charge in [-0.25, -0.2) is 0 Å². The summed E-state index contributed by atoms with van der Waals surface area (Å²) in [6, 6.07) is 12.8. The molecule has 1 N–H and O–H groups in total. The van der Waals surface area contributed by atoms with E-state index in [1.165, 1.54) is 16.3 Å². The average Bonchev–Trinajstić information content (AvgIpc) is 2.49. The fraction of sp³-hybridized carbons (Fsp3) is 0.375. The van der Waals surface area contributed by atoms with Crippen molar-refractivity contribution in [2.75, 3.05) is 33.3 Å². The number of benzene rings is 2. The molecule has 1 fully saturated rings. The van der Waals surface area contributed by atoms with Crippen molar-refractivity contribution in [2.45, 2.75) is 6.54 Å². The van der Waals surface area contributed by atoms with Gasteiger partial charge in [-0.3, -0.25) is 4.90 Å². The fourth-order valence-electron chi connectivity index (χ4n) is 2.76. The Morgan fingerprint density at radius 2 is 1.89 bits per heavy atom. The quantitative estimate of drug-likeness (QED) is 0.911. The third kappa shape index (κ3) is 2.57. The number of nitrogens with zero attached hydrogens (tertiary/aromatic N) is 1. The Morgan fingerprint density at radius 1 is 1.11 bits per heavy atom. The molecule has 2 aromatic rings. The van der Waals surface area contributed by atoms with Crippen LogP contribution in [0.3, 0.4) is 0 Å². The number of methoxy groups -OCH3 is 1. The van der Waals surface area contributed by atoms with Crippen LogP contribution in [0.25, 0.3) is 10.8 Å². The molecule has 0 spiro atoms. The van der Waals surface area contributed by atoms with E-state index in [4.69, 9.17) is 4.74 Å². The van der Waals surface area contributed by atoms with E-state index in [9.17, 15) is 0 Å². The van der Waals surface area contributed by atoms with Crippen molar-refractivity contribution < 1.29 is 4.74 Å². The zero-order chi connectivity index (χ0) is 13.1. The topological polar surface area (TPSA) is 24.5 Å². The maximum absolute atomic E-state index is 5.55. The normalized spacial score (nSPS) is 16.7. The van der Waals surface area contributed by atoms with Gasteiger partial charge in [-0.1, -0.05) is 30.3 Å². The first-order valence-electron chi connectivity index (χ1n) is 6.86. The van der Waals surface area contributed by atoms with Gasteiger partial charge in [0.1, 0.15) is 5.75 Å². The van der Waals surface area contributed by atoms with Crippen molar-refractivity contribution in [2.24, 2.45) is 0 Å². The summed E-state index contributed by atoms with van der Waals surface area (Å²) in [6.07, 6.45) is 0. The number of hydrogen-bond donors (Lipinski definition) is 1. The SMILES string of the molecule is COc1ccc2ccccc2c1CN1CCNCC1. The van der Waals surface area contributed by atoms with Crippen LogP contribution in [-0.4, -0.2) is 38.2 Å². The van der Waals surface area contributed by atoms with Gasteiger partial charge in [0.25, 0.3) is 0 Å². The van der Waals surface area contributed by atoms with Crippen molar-refractivity contribution in [3.8, 4) is 5.75 Å². The first-order valence-corrected chi connectivity index (χ1v) is 6.86. The van der Waals surface area contributed by atoms with E-state index in [-0.39, 0.29) is 0 Å². The Balaban J connectivity index is 1.98. The lowest BCUT2D eigenvalue weighted by Crippen LogP contribution is -2.42. The minimum absolute atomic E-state index is 0.964. The molecule has 2 aromatic carbocycles. The molecule has 0 radical (unpaired) electrons. The van der Waals surface area contributed by atoms with Crippen LogP contribution >= 0.6 is 0 Å². The van der Waals surface area contributed by atoms with Gasteiger partial charge in [0.05, 0.1) is 7.11 Å². The van der Waals surface area contributed by atoms with Gasteiger partial charge < -0.3 is 10.1 Å². The number of nitrogens with one attached hydrogen (secondary N) is 1. The van der Waals surface area contributed by atoms with Crippen LogP contribution in [-0.2, 0) is 6.54 Å². The third-order valence-corrected chi connectivity index (χ3v) is 3.81. The average molecular weight is 256 g/mol. The number of hydrogen-bond acceptors (Lipinski definition) is 3. The molecule has 1 saturated heterocycles. The van der Waals surface area contributed by atoms with Gasteiger partial charge in [-0.05, 0) is 16.8 Å². The lowest BCUT2D eigenvalue weighted by Gasteiger charge is -2.28. The molecule has 0 atom stereocenters. The lowest BCUT2D eigenvalue weighted by molar-refractivity contribution is 0.231. The minimum Gasteiger partial charge on any atom is -0.496 e. The molecular formula is C16H20N2O. The van der Waals surface area contributed by atoms with Crippen LogP contribution in [0.5, 0.6) is 5.75 Å². The van der Waals surface area contributed by atoms with Gasteiger partial charge in [-0.2, -0.15) is 0 Å². The number of ether oxygens (including phenoxy) is 1. The lowest BCUT2D eigenvalue weighted by atomic mass is 10.0. The molecule has 3 rings (SSSR count). The Morgan fingerprint density at radius 3 is 2.68 bits per heavy atom. The van der Waals surface area contributed by atoms with Crippen LogP contribution in [0.2, 0.25) is 0 Å². The van der Waals surface area contributed by atoms with E-state index < -0.39 is 0 Å². The van der Waals surface area contributed by atoms with Gasteiger partial charge in [0.15, 0.2) is 0 Å². The van der Waals surface area contributed by atoms with Crippen molar-refractivity contribution >= 4 is 10.8 Å². The summed E-state index contributed by atoms with van der Waals surface area (Å²) in [6.45, 7) is 5.32. The van der Waals surface area contributed by atoms with Crippen molar-refractivity contribution in [3.05, 3.63) is 42.0 Å². The molecule has 19 heavy (non-hydrogen) atoms. The summed E-state index contributed by atoms with van der Waals surface area (Å²) in [7, 11) is 1.76. The second kappa shape index (κ2) is 5.59. The third-order valence-electron chi connectivity index (χ3n) is 3.81. The minimum atomic E-state index is 0.964. The summed E-state index contributed by atoms with van der Waals surface area (Å²) in [5, 5.41) is 5.98.